The molecule has 0 spiro atoms. The van der Waals surface area contributed by atoms with Gasteiger partial charge in [0.05, 0.1) is 17.3 Å². The van der Waals surface area contributed by atoms with Crippen molar-refractivity contribution in [1.82, 2.24) is 20.1 Å². The number of hydrogen-bond acceptors (Lipinski definition) is 4. The normalized spacial score (nSPS) is 18.4. The van der Waals surface area contributed by atoms with Crippen LogP contribution in [0.5, 0.6) is 0 Å². The minimum atomic E-state index is -0.0127. The topological polar surface area (TPSA) is 71.8 Å². The molecular weight excluding hydrogens is 290 g/mol. The lowest BCUT2D eigenvalue weighted by molar-refractivity contribution is -0.120. The minimum absolute atomic E-state index is 0.00540. The van der Waals surface area contributed by atoms with Crippen molar-refractivity contribution in [3.63, 3.8) is 0 Å². The number of aromatic nitrogens is 3. The van der Waals surface area contributed by atoms with Crippen molar-refractivity contribution in [1.29, 1.82) is 0 Å². The highest BCUT2D eigenvalue weighted by molar-refractivity contribution is 6.31. The van der Waals surface area contributed by atoms with Gasteiger partial charge >= 0.3 is 0 Å². The SMILES string of the molecule is O=C(Nc1cc(Cl)ccc1-n1cncn1)[C@@H]1CCCNC1. The van der Waals surface area contributed by atoms with E-state index in [1.807, 2.05) is 6.07 Å². The molecule has 21 heavy (non-hydrogen) atoms. The van der Waals surface area contributed by atoms with Crippen molar-refractivity contribution < 1.29 is 4.79 Å². The van der Waals surface area contributed by atoms with Gasteiger partial charge < -0.3 is 10.6 Å². The molecule has 1 aromatic carbocycles. The number of carbonyl (C=O) groups excluding carboxylic acids is 1. The minimum Gasteiger partial charge on any atom is -0.324 e. The second kappa shape index (κ2) is 6.24. The Morgan fingerprint density at radius 3 is 3.10 bits per heavy atom. The van der Waals surface area contributed by atoms with Crippen molar-refractivity contribution in [2.45, 2.75) is 12.8 Å². The predicted molar refractivity (Wildman–Crippen MR) is 80.6 cm³/mol. The highest BCUT2D eigenvalue weighted by Crippen LogP contribution is 2.25. The van der Waals surface area contributed by atoms with Gasteiger partial charge in [-0.15, -0.1) is 0 Å². The fraction of sp³-hybridized carbons (Fsp3) is 0.357. The Bertz CT molecular complexity index is 622. The van der Waals surface area contributed by atoms with Gasteiger partial charge in [0, 0.05) is 11.6 Å². The molecular formula is C14H16ClN5O. The Hall–Kier alpha value is -1.92. The molecule has 2 N–H and O–H groups in total. The molecule has 2 aromatic rings. The predicted octanol–water partition coefficient (Wildman–Crippen LogP) is 1.86. The Labute approximate surface area is 127 Å². The van der Waals surface area contributed by atoms with Crippen LogP contribution in [-0.4, -0.2) is 33.8 Å². The van der Waals surface area contributed by atoms with Crippen LogP contribution in [0.4, 0.5) is 5.69 Å². The number of piperidine rings is 1. The molecule has 1 atom stereocenters. The Kier molecular flexibility index (Phi) is 4.17. The summed E-state index contributed by atoms with van der Waals surface area (Å²) < 4.78 is 1.60. The molecule has 1 amide bonds. The summed E-state index contributed by atoms with van der Waals surface area (Å²) in [6, 6.07) is 5.30. The van der Waals surface area contributed by atoms with Gasteiger partial charge in [-0.05, 0) is 37.6 Å². The van der Waals surface area contributed by atoms with Crippen molar-refractivity contribution >= 4 is 23.2 Å². The molecule has 1 fully saturated rings. The Morgan fingerprint density at radius 2 is 2.38 bits per heavy atom. The summed E-state index contributed by atoms with van der Waals surface area (Å²) in [4.78, 5) is 16.3. The van der Waals surface area contributed by atoms with Crippen molar-refractivity contribution in [2.75, 3.05) is 18.4 Å². The zero-order valence-electron chi connectivity index (χ0n) is 11.4. The van der Waals surface area contributed by atoms with Crippen LogP contribution in [0.15, 0.2) is 30.9 Å². The molecule has 1 saturated heterocycles. The van der Waals surface area contributed by atoms with E-state index in [1.54, 1.807) is 23.1 Å². The van der Waals surface area contributed by atoms with E-state index in [9.17, 15) is 4.79 Å². The van der Waals surface area contributed by atoms with Gasteiger partial charge in [-0.25, -0.2) is 9.67 Å². The smallest absolute Gasteiger partial charge is 0.228 e. The van der Waals surface area contributed by atoms with Crippen LogP contribution in [0, 0.1) is 5.92 Å². The van der Waals surface area contributed by atoms with Crippen molar-refractivity contribution in [3.05, 3.63) is 35.9 Å². The first kappa shape index (κ1) is 14.0. The quantitative estimate of drug-likeness (QED) is 0.908. The molecule has 0 unspecified atom stereocenters. The third-order valence-corrected chi connectivity index (χ3v) is 3.78. The molecule has 1 aliphatic rings. The molecule has 7 heteroatoms. The zero-order chi connectivity index (χ0) is 14.7. The third-order valence-electron chi connectivity index (χ3n) is 3.55. The van der Waals surface area contributed by atoms with E-state index < -0.39 is 0 Å². The standard InChI is InChI=1S/C14H16ClN5O/c15-11-3-4-13(20-9-17-8-18-20)12(6-11)19-14(21)10-2-1-5-16-7-10/h3-4,6,8-10,16H,1-2,5,7H2,(H,19,21)/t10-/m1/s1. The summed E-state index contributed by atoms with van der Waals surface area (Å²) in [7, 11) is 0. The first-order valence-electron chi connectivity index (χ1n) is 6.90. The van der Waals surface area contributed by atoms with Crippen molar-refractivity contribution in [3.8, 4) is 5.69 Å². The molecule has 110 valence electrons. The van der Waals surface area contributed by atoms with Gasteiger partial charge in [-0.3, -0.25) is 4.79 Å². The van der Waals surface area contributed by atoms with E-state index in [0.717, 1.165) is 25.1 Å². The van der Waals surface area contributed by atoms with Crippen LogP contribution >= 0.6 is 11.6 Å². The summed E-state index contributed by atoms with van der Waals surface area (Å²) in [5.41, 5.74) is 1.39. The van der Waals surface area contributed by atoms with E-state index in [4.69, 9.17) is 11.6 Å². The number of carbonyl (C=O) groups is 1. The molecule has 0 aliphatic carbocycles. The molecule has 1 aliphatic heterocycles. The zero-order valence-corrected chi connectivity index (χ0v) is 12.2. The van der Waals surface area contributed by atoms with Crippen LogP contribution in [0.3, 0.4) is 0 Å². The monoisotopic (exact) mass is 305 g/mol. The van der Waals surface area contributed by atoms with Crippen molar-refractivity contribution in [2.24, 2.45) is 5.92 Å². The van der Waals surface area contributed by atoms with E-state index in [2.05, 4.69) is 20.7 Å². The van der Waals surface area contributed by atoms with E-state index in [1.165, 1.54) is 6.33 Å². The Morgan fingerprint density at radius 1 is 1.48 bits per heavy atom. The van der Waals surface area contributed by atoms with Gasteiger partial charge in [0.1, 0.15) is 12.7 Å². The number of benzene rings is 1. The number of rotatable bonds is 3. The third kappa shape index (κ3) is 3.22. The fourth-order valence-electron chi connectivity index (χ4n) is 2.45. The van der Waals surface area contributed by atoms with Gasteiger partial charge in [-0.1, -0.05) is 11.6 Å². The first-order chi connectivity index (χ1) is 10.2. The maximum Gasteiger partial charge on any atom is 0.228 e. The molecule has 0 radical (unpaired) electrons. The summed E-state index contributed by atoms with van der Waals surface area (Å²) in [6.45, 7) is 1.69. The number of hydrogen-bond donors (Lipinski definition) is 2. The molecule has 0 bridgehead atoms. The molecule has 2 heterocycles. The fourth-order valence-corrected chi connectivity index (χ4v) is 2.62. The van der Waals surface area contributed by atoms with Crippen LogP contribution in [-0.2, 0) is 4.79 Å². The van der Waals surface area contributed by atoms with Gasteiger partial charge in [0.25, 0.3) is 0 Å². The lowest BCUT2D eigenvalue weighted by atomic mass is 9.99. The van der Waals surface area contributed by atoms with Crippen LogP contribution in [0.25, 0.3) is 5.69 Å². The van der Waals surface area contributed by atoms with E-state index >= 15 is 0 Å². The number of amides is 1. The lowest BCUT2D eigenvalue weighted by Gasteiger charge is -2.22. The summed E-state index contributed by atoms with van der Waals surface area (Å²) >= 11 is 6.04. The van der Waals surface area contributed by atoms with E-state index in [-0.39, 0.29) is 11.8 Å². The number of anilines is 1. The summed E-state index contributed by atoms with van der Waals surface area (Å²) in [5.74, 6) is -0.00726. The average molecular weight is 306 g/mol. The second-order valence-electron chi connectivity index (χ2n) is 5.03. The highest BCUT2D eigenvalue weighted by atomic mass is 35.5. The number of nitrogens with zero attached hydrogens (tertiary/aromatic N) is 3. The average Bonchev–Trinajstić information content (AvgIpc) is 3.02. The lowest BCUT2D eigenvalue weighted by Crippen LogP contribution is -2.37. The molecule has 6 nitrogen and oxygen atoms in total. The van der Waals surface area contributed by atoms with Gasteiger partial charge in [0.2, 0.25) is 5.91 Å². The van der Waals surface area contributed by atoms with E-state index in [0.29, 0.717) is 17.3 Å². The highest BCUT2D eigenvalue weighted by Gasteiger charge is 2.22. The maximum atomic E-state index is 12.4. The number of nitrogens with one attached hydrogen (secondary N) is 2. The summed E-state index contributed by atoms with van der Waals surface area (Å²) in [5, 5.41) is 10.9. The van der Waals surface area contributed by atoms with Crippen LogP contribution in [0.1, 0.15) is 12.8 Å². The molecule has 1 aromatic heterocycles. The van der Waals surface area contributed by atoms with Crippen LogP contribution in [0.2, 0.25) is 5.02 Å². The largest absolute Gasteiger partial charge is 0.324 e. The molecule has 3 rings (SSSR count). The van der Waals surface area contributed by atoms with Gasteiger partial charge in [0.15, 0.2) is 0 Å². The number of halogens is 1. The first-order valence-corrected chi connectivity index (χ1v) is 7.28. The second-order valence-corrected chi connectivity index (χ2v) is 5.47. The van der Waals surface area contributed by atoms with Gasteiger partial charge in [-0.2, -0.15) is 5.10 Å². The Balaban J connectivity index is 1.84. The molecule has 0 saturated carbocycles. The maximum absolute atomic E-state index is 12.4. The summed E-state index contributed by atoms with van der Waals surface area (Å²) in [6.07, 6.45) is 4.95. The van der Waals surface area contributed by atoms with Crippen LogP contribution < -0.4 is 10.6 Å².